The van der Waals surface area contributed by atoms with Crippen LogP contribution in [0.5, 0.6) is 0 Å². The van der Waals surface area contributed by atoms with Gasteiger partial charge in [0.15, 0.2) is 0 Å². The van der Waals surface area contributed by atoms with Crippen LogP contribution in [0.1, 0.15) is 0 Å². The summed E-state index contributed by atoms with van der Waals surface area (Å²) in [5.74, 6) is 0. The van der Waals surface area contributed by atoms with Gasteiger partial charge in [-0.05, 0) is 40.2 Å². The summed E-state index contributed by atoms with van der Waals surface area (Å²) < 4.78 is 29.0. The predicted molar refractivity (Wildman–Crippen MR) is 98.1 cm³/mol. The first-order chi connectivity index (χ1) is 11.0. The molecule has 0 amide bonds. The Balaban J connectivity index is 1.86. The number of nitrogens with zero attached hydrogens (tertiary/aromatic N) is 1. The third-order valence-corrected chi connectivity index (χ3v) is 7.40. The third kappa shape index (κ3) is 3.88. The molecule has 0 bridgehead atoms. The molecule has 1 aliphatic heterocycles. The van der Waals surface area contributed by atoms with Gasteiger partial charge in [-0.15, -0.1) is 11.3 Å². The Bertz CT molecular complexity index is 784. The van der Waals surface area contributed by atoms with Gasteiger partial charge in [0.2, 0.25) is 0 Å². The minimum absolute atomic E-state index is 0.307. The summed E-state index contributed by atoms with van der Waals surface area (Å²) >= 11 is 4.51. The van der Waals surface area contributed by atoms with Gasteiger partial charge in [0, 0.05) is 0 Å². The molecule has 1 aromatic carbocycles. The highest BCUT2D eigenvalue weighted by Crippen LogP contribution is 2.31. The Morgan fingerprint density at radius 1 is 1.17 bits per heavy atom. The highest BCUT2D eigenvalue weighted by molar-refractivity contribution is 9.11. The van der Waals surface area contributed by atoms with E-state index in [-0.39, 0.29) is 0 Å². The van der Waals surface area contributed by atoms with Gasteiger partial charge in [-0.3, -0.25) is 4.72 Å². The van der Waals surface area contributed by atoms with E-state index < -0.39 is 10.0 Å². The molecule has 1 saturated heterocycles. The third-order valence-electron chi connectivity index (χ3n) is 3.92. The number of sulfonamides is 1. The second-order valence-electron chi connectivity index (χ2n) is 5.63. The average Bonchev–Trinajstić information content (AvgIpc) is 2.96. The summed E-state index contributed by atoms with van der Waals surface area (Å²) in [4.78, 5) is 3.75. The molecule has 0 unspecified atom stereocenters. The summed E-state index contributed by atoms with van der Waals surface area (Å²) in [7, 11) is -1.38. The lowest BCUT2D eigenvalue weighted by molar-refractivity contribution is -0.880. The van der Waals surface area contributed by atoms with Crippen molar-refractivity contribution >= 4 is 48.7 Å². The van der Waals surface area contributed by atoms with Gasteiger partial charge in [-0.1, -0.05) is 12.1 Å². The normalized spacial score (nSPS) is 16.5. The van der Waals surface area contributed by atoms with Crippen molar-refractivity contribution in [3.63, 3.8) is 0 Å². The maximum Gasteiger partial charge on any atom is 0.271 e. The number of hydrogen-bond acceptors (Lipinski definition) is 4. The zero-order valence-electron chi connectivity index (χ0n) is 12.8. The Hall–Kier alpha value is -1.09. The Kier molecular flexibility index (Phi) is 4.96. The van der Waals surface area contributed by atoms with E-state index in [2.05, 4.69) is 32.6 Å². The second kappa shape index (κ2) is 6.80. The van der Waals surface area contributed by atoms with Crippen molar-refractivity contribution in [3.8, 4) is 0 Å². The van der Waals surface area contributed by atoms with E-state index in [1.54, 1.807) is 12.1 Å². The molecular formula is C15H19BrN3O2S2+. The van der Waals surface area contributed by atoms with E-state index in [0.29, 0.717) is 9.90 Å². The summed E-state index contributed by atoms with van der Waals surface area (Å²) in [6, 6.07) is 10.9. The highest BCUT2D eigenvalue weighted by Gasteiger charge is 2.22. The van der Waals surface area contributed by atoms with Crippen molar-refractivity contribution in [2.75, 3.05) is 42.8 Å². The highest BCUT2D eigenvalue weighted by atomic mass is 79.9. The van der Waals surface area contributed by atoms with Gasteiger partial charge < -0.3 is 9.80 Å². The van der Waals surface area contributed by atoms with Crippen molar-refractivity contribution in [3.05, 3.63) is 40.2 Å². The van der Waals surface area contributed by atoms with Gasteiger partial charge in [-0.25, -0.2) is 8.42 Å². The largest absolute Gasteiger partial charge is 0.359 e. The Morgan fingerprint density at radius 2 is 1.87 bits per heavy atom. The number of benzene rings is 1. The first kappa shape index (κ1) is 16.8. The molecule has 0 saturated carbocycles. The minimum atomic E-state index is -3.56. The number of piperazine rings is 1. The molecule has 2 aromatic rings. The summed E-state index contributed by atoms with van der Waals surface area (Å²) in [6.45, 7) is 3.96. The molecule has 1 fully saturated rings. The molecule has 0 radical (unpaired) electrons. The van der Waals surface area contributed by atoms with Crippen LogP contribution in [-0.4, -0.2) is 41.6 Å². The molecule has 1 aliphatic rings. The van der Waals surface area contributed by atoms with Gasteiger partial charge in [0.05, 0.1) is 48.4 Å². The molecule has 0 atom stereocenters. The smallest absolute Gasteiger partial charge is 0.271 e. The van der Waals surface area contributed by atoms with Crippen LogP contribution in [0.2, 0.25) is 0 Å². The number of thiophene rings is 1. The van der Waals surface area contributed by atoms with Crippen molar-refractivity contribution in [1.82, 2.24) is 0 Å². The molecule has 1 aromatic heterocycles. The average molecular weight is 417 g/mol. The van der Waals surface area contributed by atoms with E-state index in [1.165, 1.54) is 16.2 Å². The number of rotatable bonds is 4. The van der Waals surface area contributed by atoms with Gasteiger partial charge >= 0.3 is 0 Å². The van der Waals surface area contributed by atoms with Gasteiger partial charge in [-0.2, -0.15) is 0 Å². The van der Waals surface area contributed by atoms with Crippen LogP contribution in [0.25, 0.3) is 0 Å². The maximum absolute atomic E-state index is 12.6. The van der Waals surface area contributed by atoms with E-state index >= 15 is 0 Å². The van der Waals surface area contributed by atoms with Crippen LogP contribution in [-0.2, 0) is 10.0 Å². The van der Waals surface area contributed by atoms with Gasteiger partial charge in [0.1, 0.15) is 4.21 Å². The summed E-state index contributed by atoms with van der Waals surface area (Å²) in [5, 5.41) is 0. The van der Waals surface area contributed by atoms with Crippen LogP contribution in [0.3, 0.4) is 0 Å². The van der Waals surface area contributed by atoms with Crippen molar-refractivity contribution in [2.24, 2.45) is 0 Å². The summed E-state index contributed by atoms with van der Waals surface area (Å²) in [6.07, 6.45) is 0. The number of halogens is 1. The molecule has 3 rings (SSSR count). The Labute approximate surface area is 149 Å². The van der Waals surface area contributed by atoms with E-state index in [4.69, 9.17) is 0 Å². The summed E-state index contributed by atoms with van der Waals surface area (Å²) in [5.41, 5.74) is 1.58. The second-order valence-corrected chi connectivity index (χ2v) is 10.00. The van der Waals surface area contributed by atoms with Crippen LogP contribution < -0.4 is 14.5 Å². The van der Waals surface area contributed by atoms with E-state index in [9.17, 15) is 8.42 Å². The Morgan fingerprint density at radius 3 is 2.52 bits per heavy atom. The van der Waals surface area contributed by atoms with Crippen LogP contribution in [0.15, 0.2) is 44.4 Å². The number of nitrogens with one attached hydrogen (secondary N) is 2. The van der Waals surface area contributed by atoms with Crippen LogP contribution in [0, 0.1) is 0 Å². The zero-order chi connectivity index (χ0) is 16.4. The van der Waals surface area contributed by atoms with Crippen molar-refractivity contribution in [1.29, 1.82) is 0 Å². The molecule has 2 heterocycles. The fourth-order valence-corrected chi connectivity index (χ4v) is 5.69. The number of hydrogen-bond donors (Lipinski definition) is 2. The van der Waals surface area contributed by atoms with Crippen molar-refractivity contribution in [2.45, 2.75) is 4.21 Å². The zero-order valence-corrected chi connectivity index (χ0v) is 16.0. The monoisotopic (exact) mass is 416 g/mol. The molecule has 5 nitrogen and oxygen atoms in total. The first-order valence-electron chi connectivity index (χ1n) is 7.39. The molecule has 23 heavy (non-hydrogen) atoms. The lowest BCUT2D eigenvalue weighted by Crippen LogP contribution is -3.12. The maximum atomic E-state index is 12.6. The topological polar surface area (TPSA) is 53.9 Å². The number of quaternary nitrogens is 1. The molecular weight excluding hydrogens is 398 g/mol. The fraction of sp³-hybridized carbons (Fsp3) is 0.333. The quantitative estimate of drug-likeness (QED) is 0.796. The van der Waals surface area contributed by atoms with E-state index in [1.807, 2.05) is 24.3 Å². The number of anilines is 2. The molecule has 124 valence electrons. The number of likely N-dealkylation sites (N-methyl/N-ethyl adjacent to an activating group) is 1. The van der Waals surface area contributed by atoms with E-state index in [0.717, 1.165) is 35.7 Å². The minimum Gasteiger partial charge on any atom is -0.359 e. The standard InChI is InChI=1S/C15H18BrN3O2S2/c1-18-8-10-19(11-9-18)13-5-3-2-4-12(13)17-23(20,21)15-7-6-14(16)22-15/h2-7,17H,8-11H2,1H3/p+1. The predicted octanol–water partition coefficient (Wildman–Crippen LogP) is 1.65. The molecule has 8 heteroatoms. The lowest BCUT2D eigenvalue weighted by Gasteiger charge is -2.33. The van der Waals surface area contributed by atoms with Crippen molar-refractivity contribution < 1.29 is 13.3 Å². The molecule has 0 spiro atoms. The van der Waals surface area contributed by atoms with Crippen LogP contribution >= 0.6 is 27.3 Å². The SMILES string of the molecule is C[NH+]1CCN(c2ccccc2NS(=O)(=O)c2ccc(Br)s2)CC1. The lowest BCUT2D eigenvalue weighted by atomic mass is 10.2. The van der Waals surface area contributed by atoms with Gasteiger partial charge in [0.25, 0.3) is 10.0 Å². The number of para-hydroxylation sites is 2. The molecule has 2 N–H and O–H groups in total. The fourth-order valence-electron chi connectivity index (χ4n) is 2.60. The first-order valence-corrected chi connectivity index (χ1v) is 10.5. The van der Waals surface area contributed by atoms with Crippen LogP contribution in [0.4, 0.5) is 11.4 Å². The molecule has 0 aliphatic carbocycles.